The van der Waals surface area contributed by atoms with Crippen LogP contribution in [0, 0.1) is 6.92 Å². The van der Waals surface area contributed by atoms with Gasteiger partial charge in [0, 0.05) is 21.2 Å². The van der Waals surface area contributed by atoms with E-state index in [1.54, 1.807) is 11.3 Å². The van der Waals surface area contributed by atoms with Crippen molar-refractivity contribution in [3.05, 3.63) is 86.7 Å². The highest BCUT2D eigenvalue weighted by molar-refractivity contribution is 7.17. The molecule has 0 fully saturated rings. The highest BCUT2D eigenvalue weighted by Gasteiger charge is 2.22. The summed E-state index contributed by atoms with van der Waals surface area (Å²) in [6.07, 6.45) is 0. The Morgan fingerprint density at radius 1 is 0.875 bits per heavy atom. The number of benzene rings is 3. The summed E-state index contributed by atoms with van der Waals surface area (Å²) in [4.78, 5) is 2.25. The first-order valence-corrected chi connectivity index (χ1v) is 12.6. The van der Waals surface area contributed by atoms with Crippen LogP contribution in [-0.4, -0.2) is 0 Å². The molecular weight excluding hydrogens is 453 g/mol. The van der Waals surface area contributed by atoms with Gasteiger partial charge in [0.25, 0.3) is 0 Å². The Morgan fingerprint density at radius 2 is 1.56 bits per heavy atom. The van der Waals surface area contributed by atoms with Gasteiger partial charge in [0.05, 0.1) is 21.4 Å². The second-order valence-electron chi connectivity index (χ2n) is 9.74. The van der Waals surface area contributed by atoms with Crippen molar-refractivity contribution in [2.24, 2.45) is 0 Å². The fraction of sp³-hybridized carbons (Fsp3) is 0.286. The molecule has 0 unspecified atom stereocenters. The Kier molecular flexibility index (Phi) is 6.33. The van der Waals surface area contributed by atoms with Crippen molar-refractivity contribution in [3.8, 4) is 0 Å². The highest BCUT2D eigenvalue weighted by atomic mass is 35.5. The van der Waals surface area contributed by atoms with E-state index in [1.807, 2.05) is 6.07 Å². The van der Waals surface area contributed by atoms with Gasteiger partial charge in [-0.25, -0.2) is 0 Å². The van der Waals surface area contributed by atoms with E-state index in [4.69, 9.17) is 23.2 Å². The van der Waals surface area contributed by atoms with E-state index < -0.39 is 0 Å². The average molecular weight is 483 g/mol. The maximum absolute atomic E-state index is 6.79. The quantitative estimate of drug-likeness (QED) is 0.280. The maximum Gasteiger partial charge on any atom is 0.0833 e. The van der Waals surface area contributed by atoms with Crippen molar-refractivity contribution in [3.63, 3.8) is 0 Å². The van der Waals surface area contributed by atoms with Crippen LogP contribution in [0.1, 0.15) is 57.2 Å². The van der Waals surface area contributed by atoms with E-state index in [0.717, 1.165) is 22.6 Å². The molecule has 4 aromatic rings. The Bertz CT molecular complexity index is 1260. The molecule has 0 atom stereocenters. The molecule has 1 heterocycles. The average Bonchev–Trinajstić information content (AvgIpc) is 3.14. The third-order valence-electron chi connectivity index (χ3n) is 5.87. The molecule has 0 N–H and O–H groups in total. The molecule has 0 aliphatic carbocycles. The molecule has 0 saturated heterocycles. The molecule has 0 aliphatic heterocycles. The lowest BCUT2D eigenvalue weighted by Gasteiger charge is -2.27. The minimum atomic E-state index is 0.0709. The zero-order valence-electron chi connectivity index (χ0n) is 19.5. The van der Waals surface area contributed by atoms with Crippen LogP contribution in [0.3, 0.4) is 0 Å². The van der Waals surface area contributed by atoms with Gasteiger partial charge in [-0.2, -0.15) is 0 Å². The number of fused-ring (bicyclic) bond motifs is 1. The van der Waals surface area contributed by atoms with Crippen LogP contribution in [0.4, 0.5) is 17.1 Å². The topological polar surface area (TPSA) is 3.24 Å². The standard InChI is InChI=1S/C28H29Cl2NS/c1-17(2)19-7-10-21(11-8-19)31(24-14-18(3)13-23(29)27(24)30)25-16-32-26-12-9-20(15-22(25)26)28(4,5)6/h7-17H,1-6H3. The maximum atomic E-state index is 6.79. The zero-order valence-corrected chi connectivity index (χ0v) is 21.8. The minimum absolute atomic E-state index is 0.0709. The van der Waals surface area contributed by atoms with E-state index in [9.17, 15) is 0 Å². The van der Waals surface area contributed by atoms with Crippen LogP contribution in [0.5, 0.6) is 0 Å². The van der Waals surface area contributed by atoms with Crippen molar-refractivity contribution >= 4 is 61.7 Å². The van der Waals surface area contributed by atoms with Crippen molar-refractivity contribution in [1.29, 1.82) is 0 Å². The van der Waals surface area contributed by atoms with Gasteiger partial charge in [-0.15, -0.1) is 11.3 Å². The van der Waals surface area contributed by atoms with Gasteiger partial charge in [-0.3, -0.25) is 0 Å². The number of thiophene rings is 1. The van der Waals surface area contributed by atoms with Crippen LogP contribution in [0.2, 0.25) is 10.0 Å². The van der Waals surface area contributed by atoms with E-state index in [2.05, 4.69) is 100 Å². The number of halogens is 2. The Balaban J connectivity index is 1.98. The van der Waals surface area contributed by atoms with Crippen LogP contribution in [-0.2, 0) is 5.41 Å². The van der Waals surface area contributed by atoms with E-state index in [1.165, 1.54) is 21.2 Å². The molecule has 4 heteroatoms. The fourth-order valence-corrected chi connectivity index (χ4v) is 5.31. The monoisotopic (exact) mass is 481 g/mol. The third kappa shape index (κ3) is 4.41. The zero-order chi connectivity index (χ0) is 23.2. The summed E-state index contributed by atoms with van der Waals surface area (Å²) in [5, 5.41) is 4.58. The smallest absolute Gasteiger partial charge is 0.0833 e. The normalized spacial score (nSPS) is 12.0. The van der Waals surface area contributed by atoms with Crippen molar-refractivity contribution in [2.45, 2.75) is 52.9 Å². The van der Waals surface area contributed by atoms with Crippen LogP contribution in [0.25, 0.3) is 10.1 Å². The fourth-order valence-electron chi connectivity index (χ4n) is 3.94. The van der Waals surface area contributed by atoms with Crippen molar-refractivity contribution in [2.75, 3.05) is 4.90 Å². The second-order valence-corrected chi connectivity index (χ2v) is 11.4. The number of hydrogen-bond donors (Lipinski definition) is 0. The SMILES string of the molecule is Cc1cc(Cl)c(Cl)c(N(c2ccc(C(C)C)cc2)c2csc3ccc(C(C)(C)C)cc23)c1. The molecule has 0 bridgehead atoms. The molecule has 1 aromatic heterocycles. The summed E-state index contributed by atoms with van der Waals surface area (Å²) in [6, 6.07) is 19.6. The Labute approximate surface area is 205 Å². The molecule has 0 aliphatic rings. The molecule has 0 spiro atoms. The number of aryl methyl sites for hydroxylation is 1. The lowest BCUT2D eigenvalue weighted by Crippen LogP contribution is -2.12. The van der Waals surface area contributed by atoms with E-state index in [-0.39, 0.29) is 5.41 Å². The van der Waals surface area contributed by atoms with Gasteiger partial charge in [-0.05, 0) is 71.3 Å². The Hall–Kier alpha value is -2.00. The van der Waals surface area contributed by atoms with Gasteiger partial charge >= 0.3 is 0 Å². The predicted molar refractivity (Wildman–Crippen MR) is 144 cm³/mol. The first-order valence-electron chi connectivity index (χ1n) is 10.9. The lowest BCUT2D eigenvalue weighted by atomic mass is 9.86. The second kappa shape index (κ2) is 8.74. The summed E-state index contributed by atoms with van der Waals surface area (Å²) < 4.78 is 1.26. The van der Waals surface area contributed by atoms with Crippen molar-refractivity contribution < 1.29 is 0 Å². The molecule has 0 radical (unpaired) electrons. The summed E-state index contributed by atoms with van der Waals surface area (Å²) >= 11 is 15.1. The van der Waals surface area contributed by atoms with Crippen molar-refractivity contribution in [1.82, 2.24) is 0 Å². The van der Waals surface area contributed by atoms with Crippen LogP contribution >= 0.6 is 34.5 Å². The van der Waals surface area contributed by atoms with E-state index >= 15 is 0 Å². The van der Waals surface area contributed by atoms with E-state index in [0.29, 0.717) is 16.0 Å². The van der Waals surface area contributed by atoms with Crippen LogP contribution < -0.4 is 4.90 Å². The molecule has 1 nitrogen and oxygen atoms in total. The largest absolute Gasteiger partial charge is 0.307 e. The number of rotatable bonds is 4. The number of hydrogen-bond acceptors (Lipinski definition) is 2. The summed E-state index contributed by atoms with van der Waals surface area (Å²) in [5.74, 6) is 0.478. The first kappa shape index (κ1) is 23.2. The minimum Gasteiger partial charge on any atom is -0.307 e. The molecule has 166 valence electrons. The predicted octanol–water partition coefficient (Wildman–Crippen LogP) is 10.4. The van der Waals surface area contributed by atoms with Gasteiger partial charge in [0.1, 0.15) is 0 Å². The number of anilines is 3. The molecule has 32 heavy (non-hydrogen) atoms. The summed E-state index contributed by atoms with van der Waals surface area (Å²) in [5.41, 5.74) is 6.86. The highest BCUT2D eigenvalue weighted by Crippen LogP contribution is 2.47. The molecule has 0 saturated carbocycles. The van der Waals surface area contributed by atoms with Gasteiger partial charge < -0.3 is 4.90 Å². The molecule has 3 aromatic carbocycles. The van der Waals surface area contributed by atoms with Gasteiger partial charge in [0.15, 0.2) is 0 Å². The molecule has 4 rings (SSSR count). The molecular formula is C28H29Cl2NS. The Morgan fingerprint density at radius 3 is 2.19 bits per heavy atom. The summed E-state index contributed by atoms with van der Waals surface area (Å²) in [7, 11) is 0. The van der Waals surface area contributed by atoms with Crippen LogP contribution in [0.15, 0.2) is 60.0 Å². The third-order valence-corrected chi connectivity index (χ3v) is 7.62. The van der Waals surface area contributed by atoms with Gasteiger partial charge in [-0.1, -0.05) is 76.0 Å². The van der Waals surface area contributed by atoms with Gasteiger partial charge in [0.2, 0.25) is 0 Å². The lowest BCUT2D eigenvalue weighted by molar-refractivity contribution is 0.591. The number of nitrogens with zero attached hydrogens (tertiary/aromatic N) is 1. The molecule has 0 amide bonds. The first-order chi connectivity index (χ1) is 15.1. The summed E-state index contributed by atoms with van der Waals surface area (Å²) in [6.45, 7) is 13.2.